The van der Waals surface area contributed by atoms with Crippen LogP contribution in [0, 0.1) is 11.6 Å². The predicted octanol–water partition coefficient (Wildman–Crippen LogP) is 0.897. The second-order valence-electron chi connectivity index (χ2n) is 4.07. The van der Waals surface area contributed by atoms with Crippen molar-refractivity contribution in [3.8, 4) is 0 Å². The average Bonchev–Trinajstić information content (AvgIpc) is 2.41. The van der Waals surface area contributed by atoms with Crippen molar-refractivity contribution < 1.29 is 23.6 Å². The van der Waals surface area contributed by atoms with Gasteiger partial charge in [0.15, 0.2) is 0 Å². The second kappa shape index (κ2) is 5.81. The van der Waals surface area contributed by atoms with E-state index in [1.165, 1.54) is 18.2 Å². The smallest absolute Gasteiger partial charge is 0.423 e. The first-order valence-electron chi connectivity index (χ1n) is 5.70. The van der Waals surface area contributed by atoms with E-state index in [1.54, 1.807) is 0 Å². The molecule has 0 saturated heterocycles. The topological polar surface area (TPSA) is 69.6 Å². The van der Waals surface area contributed by atoms with Crippen LogP contribution < -0.4 is 10.8 Å². The molecular weight excluding hydrogens is 267 g/mol. The third-order valence-corrected chi connectivity index (χ3v) is 2.64. The molecule has 0 aliphatic carbocycles. The average molecular weight is 277 g/mol. The highest BCUT2D eigenvalue weighted by Gasteiger charge is 2.17. The molecular formula is C13H10BF2NO3. The van der Waals surface area contributed by atoms with E-state index in [4.69, 9.17) is 10.0 Å². The van der Waals surface area contributed by atoms with Crippen molar-refractivity contribution in [1.82, 2.24) is 0 Å². The van der Waals surface area contributed by atoms with Crippen LogP contribution in [0.1, 0.15) is 10.4 Å². The monoisotopic (exact) mass is 277 g/mol. The number of anilines is 1. The first-order chi connectivity index (χ1) is 9.47. The fourth-order valence-corrected chi connectivity index (χ4v) is 1.61. The summed E-state index contributed by atoms with van der Waals surface area (Å²) in [6, 6.07) is 8.25. The number of rotatable bonds is 3. The summed E-state index contributed by atoms with van der Waals surface area (Å²) >= 11 is 0. The summed E-state index contributed by atoms with van der Waals surface area (Å²) in [5.41, 5.74) is 0.0154. The zero-order chi connectivity index (χ0) is 14.7. The molecule has 0 spiro atoms. The Labute approximate surface area is 113 Å². The summed E-state index contributed by atoms with van der Waals surface area (Å²) in [6.07, 6.45) is 0. The molecule has 20 heavy (non-hydrogen) atoms. The van der Waals surface area contributed by atoms with Gasteiger partial charge in [0.25, 0.3) is 5.91 Å². The van der Waals surface area contributed by atoms with Crippen molar-refractivity contribution in [3.05, 3.63) is 59.7 Å². The molecule has 2 aromatic rings. The molecule has 0 saturated carbocycles. The molecule has 1 amide bonds. The molecule has 4 nitrogen and oxygen atoms in total. The summed E-state index contributed by atoms with van der Waals surface area (Å²) in [5, 5.41) is 20.2. The lowest BCUT2D eigenvalue weighted by atomic mass is 9.80. The van der Waals surface area contributed by atoms with Gasteiger partial charge in [-0.2, -0.15) is 0 Å². The molecule has 0 bridgehead atoms. The molecule has 7 heteroatoms. The fraction of sp³-hybridized carbons (Fsp3) is 0. The van der Waals surface area contributed by atoms with E-state index in [2.05, 4.69) is 5.32 Å². The van der Waals surface area contributed by atoms with Gasteiger partial charge in [-0.25, -0.2) is 8.78 Å². The van der Waals surface area contributed by atoms with Crippen LogP contribution in [0.15, 0.2) is 42.5 Å². The summed E-state index contributed by atoms with van der Waals surface area (Å²) in [4.78, 5) is 11.8. The molecule has 0 radical (unpaired) electrons. The van der Waals surface area contributed by atoms with Gasteiger partial charge in [0.1, 0.15) is 11.6 Å². The molecule has 0 aliphatic heterocycles. The van der Waals surface area contributed by atoms with Crippen LogP contribution in [-0.2, 0) is 0 Å². The van der Waals surface area contributed by atoms with Crippen molar-refractivity contribution in [1.29, 1.82) is 0 Å². The summed E-state index contributed by atoms with van der Waals surface area (Å²) < 4.78 is 26.4. The summed E-state index contributed by atoms with van der Waals surface area (Å²) in [5.74, 6) is -2.04. The molecule has 2 aromatic carbocycles. The first-order valence-corrected chi connectivity index (χ1v) is 5.70. The lowest BCUT2D eigenvalue weighted by Gasteiger charge is -2.07. The zero-order valence-corrected chi connectivity index (χ0v) is 10.2. The van der Waals surface area contributed by atoms with Gasteiger partial charge in [0.2, 0.25) is 0 Å². The molecule has 2 rings (SSSR count). The number of hydrogen-bond donors (Lipinski definition) is 3. The van der Waals surface area contributed by atoms with E-state index in [9.17, 15) is 13.6 Å². The Kier molecular flexibility index (Phi) is 4.12. The van der Waals surface area contributed by atoms with Gasteiger partial charge in [0, 0.05) is 5.69 Å². The molecule has 3 N–H and O–H groups in total. The van der Waals surface area contributed by atoms with E-state index in [-0.39, 0.29) is 11.0 Å². The summed E-state index contributed by atoms with van der Waals surface area (Å²) in [7, 11) is -1.81. The van der Waals surface area contributed by atoms with Gasteiger partial charge in [0.05, 0.1) is 5.56 Å². The Morgan fingerprint density at radius 1 is 1.05 bits per heavy atom. The van der Waals surface area contributed by atoms with Crippen LogP contribution in [0.2, 0.25) is 0 Å². The highest BCUT2D eigenvalue weighted by Crippen LogP contribution is 2.12. The first kappa shape index (κ1) is 14.2. The van der Waals surface area contributed by atoms with Crippen molar-refractivity contribution in [2.45, 2.75) is 0 Å². The van der Waals surface area contributed by atoms with Crippen LogP contribution in [0.5, 0.6) is 0 Å². The standard InChI is InChI=1S/C13H10BF2NO3/c15-9-2-4-10(5-3-9)17-13(18)11-6-1-8(14(19)20)7-12(11)16/h1-7,19-20H,(H,17,18). The van der Waals surface area contributed by atoms with Crippen LogP contribution >= 0.6 is 0 Å². The fourth-order valence-electron chi connectivity index (χ4n) is 1.61. The molecule has 0 heterocycles. The van der Waals surface area contributed by atoms with Gasteiger partial charge < -0.3 is 15.4 Å². The second-order valence-corrected chi connectivity index (χ2v) is 4.07. The van der Waals surface area contributed by atoms with Crippen LogP contribution in [0.4, 0.5) is 14.5 Å². The van der Waals surface area contributed by atoms with Gasteiger partial charge in [-0.1, -0.05) is 6.07 Å². The molecule has 0 aromatic heterocycles. The molecule has 102 valence electrons. The lowest BCUT2D eigenvalue weighted by molar-refractivity contribution is 0.102. The highest BCUT2D eigenvalue weighted by atomic mass is 19.1. The van der Waals surface area contributed by atoms with E-state index in [0.29, 0.717) is 5.69 Å². The van der Waals surface area contributed by atoms with Gasteiger partial charge in [-0.05, 0) is 41.9 Å². The number of hydrogen-bond acceptors (Lipinski definition) is 3. The molecule has 0 aliphatic rings. The van der Waals surface area contributed by atoms with E-state index < -0.39 is 24.7 Å². The Morgan fingerprint density at radius 2 is 1.70 bits per heavy atom. The number of carbonyl (C=O) groups is 1. The molecule has 0 unspecified atom stereocenters. The minimum absolute atomic E-state index is 0.0548. The molecule has 0 fully saturated rings. The minimum Gasteiger partial charge on any atom is -0.423 e. The predicted molar refractivity (Wildman–Crippen MR) is 70.6 cm³/mol. The SMILES string of the molecule is O=C(Nc1ccc(F)cc1)c1ccc(B(O)O)cc1F. The number of benzene rings is 2. The Bertz CT molecular complexity index is 632. The van der Waals surface area contributed by atoms with Crippen LogP contribution in [0.25, 0.3) is 0 Å². The van der Waals surface area contributed by atoms with Crippen molar-refractivity contribution in [2.24, 2.45) is 0 Å². The van der Waals surface area contributed by atoms with Crippen molar-refractivity contribution in [3.63, 3.8) is 0 Å². The number of amides is 1. The third kappa shape index (κ3) is 3.20. The Hall–Kier alpha value is -2.25. The maximum atomic E-state index is 13.7. The quantitative estimate of drug-likeness (QED) is 0.730. The van der Waals surface area contributed by atoms with E-state index in [1.807, 2.05) is 0 Å². The van der Waals surface area contributed by atoms with Crippen molar-refractivity contribution in [2.75, 3.05) is 5.32 Å². The van der Waals surface area contributed by atoms with E-state index >= 15 is 0 Å². The van der Waals surface area contributed by atoms with Gasteiger partial charge in [-0.3, -0.25) is 4.79 Å². The van der Waals surface area contributed by atoms with Crippen LogP contribution in [-0.4, -0.2) is 23.1 Å². The maximum absolute atomic E-state index is 13.7. The Morgan fingerprint density at radius 3 is 2.25 bits per heavy atom. The van der Waals surface area contributed by atoms with E-state index in [0.717, 1.165) is 24.3 Å². The minimum atomic E-state index is -1.81. The van der Waals surface area contributed by atoms with Crippen molar-refractivity contribution >= 4 is 24.2 Å². The molecule has 0 atom stereocenters. The number of nitrogens with one attached hydrogen (secondary N) is 1. The zero-order valence-electron chi connectivity index (χ0n) is 10.2. The third-order valence-electron chi connectivity index (χ3n) is 2.64. The largest absolute Gasteiger partial charge is 0.488 e. The maximum Gasteiger partial charge on any atom is 0.488 e. The van der Waals surface area contributed by atoms with Crippen LogP contribution in [0.3, 0.4) is 0 Å². The number of halogens is 2. The lowest BCUT2D eigenvalue weighted by Crippen LogP contribution is -2.30. The normalized spacial score (nSPS) is 10.2. The number of carbonyl (C=O) groups excluding carboxylic acids is 1. The highest BCUT2D eigenvalue weighted by molar-refractivity contribution is 6.58. The van der Waals surface area contributed by atoms with Gasteiger partial charge >= 0.3 is 7.12 Å². The van der Waals surface area contributed by atoms with Gasteiger partial charge in [-0.15, -0.1) is 0 Å². The summed E-state index contributed by atoms with van der Waals surface area (Å²) in [6.45, 7) is 0. The Balaban J connectivity index is 2.19.